The molecule has 0 atom stereocenters. The van der Waals surface area contributed by atoms with Crippen LogP contribution >= 0.6 is 0 Å². The number of benzene rings is 3. The lowest BCUT2D eigenvalue weighted by Gasteiger charge is -1.93. The normalized spacial score (nSPS) is 9.21. The topological polar surface area (TPSA) is 20.2 Å². The van der Waals surface area contributed by atoms with E-state index in [2.05, 4.69) is 76.2 Å². The van der Waals surface area contributed by atoms with Gasteiger partial charge in [0.05, 0.1) is 0 Å². The second-order valence-electron chi connectivity index (χ2n) is 6.08. The third kappa shape index (κ3) is 8.19. The molecular weight excluding hydrogens is 292 g/mol. The fraction of sp³-hybridized carbons (Fsp3) is 0.217. The Morgan fingerprint density at radius 3 is 1.25 bits per heavy atom. The number of rotatable bonds is 0. The molecule has 24 heavy (non-hydrogen) atoms. The zero-order chi connectivity index (χ0) is 17.9. The number of aromatic hydroxyl groups is 1. The third-order valence-electron chi connectivity index (χ3n) is 3.63. The molecule has 3 aromatic carbocycles. The zero-order valence-corrected chi connectivity index (χ0v) is 15.4. The van der Waals surface area contributed by atoms with Crippen molar-refractivity contribution >= 4 is 0 Å². The van der Waals surface area contributed by atoms with Crippen LogP contribution in [0.3, 0.4) is 0 Å². The van der Waals surface area contributed by atoms with Gasteiger partial charge in [-0.15, -0.1) is 0 Å². The first-order valence-corrected chi connectivity index (χ1v) is 8.19. The molecule has 1 N–H and O–H groups in total. The molecule has 0 saturated heterocycles. The minimum Gasteiger partial charge on any atom is -0.508 e. The standard InChI is InChI=1S/2C8H10.C7H8O/c1-7-4-3-5-8(2)6-7;1-7-5-3-4-6-8(7)2;1-6-2-4-7(8)5-3-6/h2*3-6H,1-2H3;2-5,8H,1H3. The van der Waals surface area contributed by atoms with E-state index in [0.717, 1.165) is 0 Å². The molecular formula is C23H28O. The number of phenols is 1. The van der Waals surface area contributed by atoms with E-state index < -0.39 is 0 Å². The molecule has 0 radical (unpaired) electrons. The van der Waals surface area contributed by atoms with E-state index in [-0.39, 0.29) is 0 Å². The summed E-state index contributed by atoms with van der Waals surface area (Å²) in [5, 5.41) is 8.76. The van der Waals surface area contributed by atoms with Crippen LogP contribution in [-0.2, 0) is 0 Å². The van der Waals surface area contributed by atoms with Gasteiger partial charge in [-0.05, 0) is 57.9 Å². The Morgan fingerprint density at radius 1 is 0.500 bits per heavy atom. The average molecular weight is 320 g/mol. The first kappa shape index (κ1) is 19.5. The van der Waals surface area contributed by atoms with Crippen LogP contribution in [-0.4, -0.2) is 5.11 Å². The first-order valence-electron chi connectivity index (χ1n) is 8.19. The van der Waals surface area contributed by atoms with E-state index in [1.807, 2.05) is 19.1 Å². The van der Waals surface area contributed by atoms with Crippen LogP contribution in [0, 0.1) is 34.6 Å². The van der Waals surface area contributed by atoms with Crippen molar-refractivity contribution in [1.82, 2.24) is 0 Å². The van der Waals surface area contributed by atoms with Gasteiger partial charge in [-0.2, -0.15) is 0 Å². The predicted molar refractivity (Wildman–Crippen MR) is 105 cm³/mol. The number of phenolic OH excluding ortho intramolecular Hbond substituents is 1. The van der Waals surface area contributed by atoms with Gasteiger partial charge in [-0.3, -0.25) is 0 Å². The van der Waals surface area contributed by atoms with Crippen molar-refractivity contribution in [1.29, 1.82) is 0 Å². The van der Waals surface area contributed by atoms with E-state index >= 15 is 0 Å². The molecule has 126 valence electrons. The highest BCUT2D eigenvalue weighted by atomic mass is 16.3. The largest absolute Gasteiger partial charge is 0.508 e. The highest BCUT2D eigenvalue weighted by Crippen LogP contribution is 2.07. The molecule has 1 heteroatoms. The van der Waals surface area contributed by atoms with Crippen LogP contribution in [0.4, 0.5) is 0 Å². The molecule has 0 spiro atoms. The summed E-state index contributed by atoms with van der Waals surface area (Å²) in [7, 11) is 0. The second kappa shape index (κ2) is 10.3. The predicted octanol–water partition coefficient (Wildman–Crippen LogP) is 6.31. The fourth-order valence-corrected chi connectivity index (χ4v) is 2.01. The molecule has 0 amide bonds. The zero-order valence-electron chi connectivity index (χ0n) is 15.4. The van der Waals surface area contributed by atoms with Gasteiger partial charge >= 0.3 is 0 Å². The van der Waals surface area contributed by atoms with Crippen LogP contribution in [0.1, 0.15) is 27.8 Å². The maximum Gasteiger partial charge on any atom is 0.115 e. The summed E-state index contributed by atoms with van der Waals surface area (Å²) < 4.78 is 0. The van der Waals surface area contributed by atoms with Crippen molar-refractivity contribution in [2.75, 3.05) is 0 Å². The lowest BCUT2D eigenvalue weighted by Crippen LogP contribution is -1.74. The minimum atomic E-state index is 0.329. The van der Waals surface area contributed by atoms with E-state index in [4.69, 9.17) is 5.11 Å². The summed E-state index contributed by atoms with van der Waals surface area (Å²) in [4.78, 5) is 0. The summed E-state index contributed by atoms with van der Waals surface area (Å²) in [6.07, 6.45) is 0. The van der Waals surface area contributed by atoms with E-state index in [0.29, 0.717) is 5.75 Å². The highest BCUT2D eigenvalue weighted by Gasteiger charge is 1.84. The van der Waals surface area contributed by atoms with Crippen LogP contribution in [0.25, 0.3) is 0 Å². The first-order chi connectivity index (χ1) is 11.4. The Bertz CT molecular complexity index is 668. The summed E-state index contributed by atoms with van der Waals surface area (Å²) in [5.74, 6) is 0.329. The molecule has 0 aliphatic rings. The average Bonchev–Trinajstić information content (AvgIpc) is 2.54. The van der Waals surface area contributed by atoms with E-state index in [1.54, 1.807) is 12.1 Å². The van der Waals surface area contributed by atoms with Gasteiger partial charge in [-0.25, -0.2) is 0 Å². The lowest BCUT2D eigenvalue weighted by atomic mass is 10.1. The third-order valence-corrected chi connectivity index (χ3v) is 3.63. The molecule has 1 nitrogen and oxygen atoms in total. The maximum atomic E-state index is 8.76. The Morgan fingerprint density at radius 2 is 0.958 bits per heavy atom. The molecule has 0 heterocycles. The molecule has 0 saturated carbocycles. The van der Waals surface area contributed by atoms with Crippen LogP contribution in [0.5, 0.6) is 5.75 Å². The highest BCUT2D eigenvalue weighted by molar-refractivity contribution is 5.24. The van der Waals surface area contributed by atoms with Crippen LogP contribution < -0.4 is 0 Å². The summed E-state index contributed by atoms with van der Waals surface area (Å²) in [6, 6.07) is 23.9. The Kier molecular flexibility index (Phi) is 8.35. The Hall–Kier alpha value is -2.54. The molecule has 3 aromatic rings. The van der Waals surface area contributed by atoms with Gasteiger partial charge in [0.2, 0.25) is 0 Å². The maximum absolute atomic E-state index is 8.76. The number of aryl methyl sites for hydroxylation is 5. The lowest BCUT2D eigenvalue weighted by molar-refractivity contribution is 0.475. The minimum absolute atomic E-state index is 0.329. The van der Waals surface area contributed by atoms with Crippen molar-refractivity contribution in [3.05, 3.63) is 101 Å². The van der Waals surface area contributed by atoms with Gasteiger partial charge in [0, 0.05) is 0 Å². The molecule has 0 unspecified atom stereocenters. The molecule has 0 fully saturated rings. The SMILES string of the molecule is Cc1ccc(O)cc1.Cc1cccc(C)c1.Cc1ccccc1C. The van der Waals surface area contributed by atoms with Crippen LogP contribution in [0.2, 0.25) is 0 Å². The van der Waals surface area contributed by atoms with Crippen molar-refractivity contribution < 1.29 is 5.11 Å². The van der Waals surface area contributed by atoms with Gasteiger partial charge in [0.15, 0.2) is 0 Å². The molecule has 0 bridgehead atoms. The smallest absolute Gasteiger partial charge is 0.115 e. The van der Waals surface area contributed by atoms with Crippen LogP contribution in [0.15, 0.2) is 72.8 Å². The molecule has 0 aliphatic carbocycles. The fourth-order valence-electron chi connectivity index (χ4n) is 2.01. The number of hydrogen-bond acceptors (Lipinski definition) is 1. The van der Waals surface area contributed by atoms with Gasteiger partial charge in [0.25, 0.3) is 0 Å². The van der Waals surface area contributed by atoms with Gasteiger partial charge in [0.1, 0.15) is 5.75 Å². The second-order valence-corrected chi connectivity index (χ2v) is 6.08. The van der Waals surface area contributed by atoms with E-state index in [1.165, 1.54) is 27.8 Å². The summed E-state index contributed by atoms with van der Waals surface area (Å²) in [6.45, 7) is 10.4. The Labute approximate surface area is 146 Å². The van der Waals surface area contributed by atoms with E-state index in [9.17, 15) is 0 Å². The van der Waals surface area contributed by atoms with Gasteiger partial charge < -0.3 is 5.11 Å². The Balaban J connectivity index is 0.000000180. The summed E-state index contributed by atoms with van der Waals surface area (Å²) >= 11 is 0. The molecule has 0 aliphatic heterocycles. The number of hydrogen-bond donors (Lipinski definition) is 1. The van der Waals surface area contributed by atoms with Crippen molar-refractivity contribution in [2.45, 2.75) is 34.6 Å². The van der Waals surface area contributed by atoms with Crippen molar-refractivity contribution in [2.24, 2.45) is 0 Å². The quantitative estimate of drug-likeness (QED) is 0.515. The summed E-state index contributed by atoms with van der Waals surface area (Å²) in [5.41, 5.74) is 6.58. The van der Waals surface area contributed by atoms with Crippen molar-refractivity contribution in [3.63, 3.8) is 0 Å². The monoisotopic (exact) mass is 320 g/mol. The molecule has 3 rings (SSSR count). The van der Waals surface area contributed by atoms with Crippen molar-refractivity contribution in [3.8, 4) is 5.75 Å². The molecule has 0 aromatic heterocycles. The van der Waals surface area contributed by atoms with Gasteiger partial charge in [-0.1, -0.05) is 77.4 Å².